The molecule has 2 nitrogen and oxygen atoms in total. The third-order valence-electron chi connectivity index (χ3n) is 13.9. The summed E-state index contributed by atoms with van der Waals surface area (Å²) in [6.07, 6.45) is 26.6. The van der Waals surface area contributed by atoms with Crippen LogP contribution in [-0.2, 0) is 5.41 Å². The van der Waals surface area contributed by atoms with E-state index in [0.717, 1.165) is 25.0 Å². The van der Waals surface area contributed by atoms with E-state index < -0.39 is 5.41 Å². The fraction of sp³-hybridized carbons (Fsp3) is 0.228. The van der Waals surface area contributed by atoms with Gasteiger partial charge in [-0.1, -0.05) is 196 Å². The number of rotatable bonds is 7. The van der Waals surface area contributed by atoms with Gasteiger partial charge in [-0.3, -0.25) is 4.90 Å². The molecule has 2 aliphatic heterocycles. The van der Waals surface area contributed by atoms with Crippen LogP contribution in [-0.4, -0.2) is 24.1 Å². The molecule has 292 valence electrons. The first-order chi connectivity index (χ1) is 29.0. The van der Waals surface area contributed by atoms with Gasteiger partial charge in [0.2, 0.25) is 0 Å². The zero-order chi connectivity index (χ0) is 39.9. The Hall–Kier alpha value is -5.96. The van der Waals surface area contributed by atoms with Crippen LogP contribution < -0.4 is 4.74 Å². The summed E-state index contributed by atoms with van der Waals surface area (Å²) in [7, 11) is 2.31. The molecule has 7 unspecified atom stereocenters. The molecule has 5 aromatic carbocycles. The topological polar surface area (TPSA) is 12.5 Å². The average molecular weight is 768 g/mol. The van der Waals surface area contributed by atoms with Gasteiger partial charge in [-0.2, -0.15) is 0 Å². The molecular formula is C57H53NO. The summed E-state index contributed by atoms with van der Waals surface area (Å²) in [5.74, 6) is 1.85. The Morgan fingerprint density at radius 2 is 1.39 bits per heavy atom. The fourth-order valence-corrected chi connectivity index (χ4v) is 11.2. The van der Waals surface area contributed by atoms with Crippen molar-refractivity contribution in [2.45, 2.75) is 55.7 Å². The molecule has 0 amide bonds. The second kappa shape index (κ2) is 15.7. The summed E-state index contributed by atoms with van der Waals surface area (Å²) in [6.45, 7) is 7.43. The molecule has 0 spiro atoms. The van der Waals surface area contributed by atoms with E-state index >= 15 is 0 Å². The maximum atomic E-state index is 6.84. The van der Waals surface area contributed by atoms with E-state index in [1.807, 2.05) is 0 Å². The van der Waals surface area contributed by atoms with Gasteiger partial charge in [-0.05, 0) is 100 Å². The predicted octanol–water partition coefficient (Wildman–Crippen LogP) is 13.3. The smallest absolute Gasteiger partial charge is 0.125 e. The van der Waals surface area contributed by atoms with Crippen LogP contribution in [0.4, 0.5) is 0 Å². The van der Waals surface area contributed by atoms with Gasteiger partial charge in [0.1, 0.15) is 11.9 Å². The Morgan fingerprint density at radius 3 is 2.17 bits per heavy atom. The van der Waals surface area contributed by atoms with E-state index in [1.54, 1.807) is 0 Å². The van der Waals surface area contributed by atoms with Crippen LogP contribution in [0.1, 0.15) is 66.0 Å². The number of allylic oxidation sites excluding steroid dienone is 7. The zero-order valence-electron chi connectivity index (χ0n) is 34.2. The lowest BCUT2D eigenvalue weighted by molar-refractivity contribution is 0.139. The maximum absolute atomic E-state index is 6.84. The molecule has 5 aliphatic rings. The van der Waals surface area contributed by atoms with Crippen molar-refractivity contribution in [1.82, 2.24) is 4.90 Å². The fourth-order valence-electron chi connectivity index (χ4n) is 11.2. The van der Waals surface area contributed by atoms with Gasteiger partial charge in [-0.15, -0.1) is 0 Å². The van der Waals surface area contributed by atoms with Crippen LogP contribution in [0, 0.1) is 17.8 Å². The Balaban J connectivity index is 1.15. The molecule has 3 aliphatic carbocycles. The molecule has 0 aromatic heterocycles. The second-order valence-corrected chi connectivity index (χ2v) is 17.2. The maximum Gasteiger partial charge on any atom is 0.125 e. The molecule has 0 radical (unpaired) electrons. The van der Waals surface area contributed by atoms with Gasteiger partial charge in [0.25, 0.3) is 0 Å². The first kappa shape index (κ1) is 37.3. The monoisotopic (exact) mass is 767 g/mol. The first-order valence-corrected chi connectivity index (χ1v) is 21.6. The van der Waals surface area contributed by atoms with Gasteiger partial charge in [-0.25, -0.2) is 0 Å². The molecule has 8 atom stereocenters. The normalized spacial score (nSPS) is 28.6. The van der Waals surface area contributed by atoms with Crippen LogP contribution in [0.25, 0.3) is 11.1 Å². The quantitative estimate of drug-likeness (QED) is 0.153. The first-order valence-electron chi connectivity index (χ1n) is 21.6. The lowest BCUT2D eigenvalue weighted by Gasteiger charge is -2.50. The predicted molar refractivity (Wildman–Crippen MR) is 244 cm³/mol. The molecule has 0 saturated heterocycles. The lowest BCUT2D eigenvalue weighted by atomic mass is 9.56. The van der Waals surface area contributed by atoms with E-state index in [1.165, 1.54) is 55.7 Å². The minimum absolute atomic E-state index is 0.0623. The van der Waals surface area contributed by atoms with Crippen LogP contribution in [0.5, 0.6) is 5.75 Å². The van der Waals surface area contributed by atoms with Gasteiger partial charge < -0.3 is 4.74 Å². The Morgan fingerprint density at radius 1 is 0.695 bits per heavy atom. The van der Waals surface area contributed by atoms with Gasteiger partial charge in [0, 0.05) is 17.4 Å². The van der Waals surface area contributed by atoms with E-state index in [0.29, 0.717) is 5.92 Å². The summed E-state index contributed by atoms with van der Waals surface area (Å²) in [6, 6.07) is 49.6. The second-order valence-electron chi connectivity index (χ2n) is 17.2. The molecule has 59 heavy (non-hydrogen) atoms. The number of likely N-dealkylation sites (N-methyl/N-ethyl adjacent to an activating group) is 1. The molecule has 10 rings (SSSR count). The van der Waals surface area contributed by atoms with Gasteiger partial charge in [0.15, 0.2) is 0 Å². The minimum Gasteiger partial charge on any atom is -0.485 e. The molecular weight excluding hydrogens is 715 g/mol. The highest BCUT2D eigenvalue weighted by molar-refractivity contribution is 5.65. The van der Waals surface area contributed by atoms with Crippen molar-refractivity contribution < 1.29 is 4.74 Å². The van der Waals surface area contributed by atoms with E-state index in [9.17, 15) is 0 Å². The molecule has 0 bridgehead atoms. The van der Waals surface area contributed by atoms with Gasteiger partial charge in [0.05, 0.1) is 17.5 Å². The van der Waals surface area contributed by atoms with Crippen molar-refractivity contribution in [3.63, 3.8) is 0 Å². The van der Waals surface area contributed by atoms with Crippen molar-refractivity contribution in [2.24, 2.45) is 17.8 Å². The molecule has 0 fully saturated rings. The Labute approximate surface area is 351 Å². The lowest BCUT2D eigenvalue weighted by Crippen LogP contribution is -2.49. The standard InChI is InChI=1S/C57H53NO/c1-39-31-36-46(47-25-13-14-26-50(47)57(45-23-11-6-12-24-45)51-27-15-17-29-54(51)59-55-30-18-16-28-52(55)57)49(37-39)48-38-53(58(3)56(40(48)2)44-21-9-5-10-22-44)43-34-32-42(33-35-43)41-19-7-4-8-20-41/h4-9,11-21,23-36,38-39,46,49,51,53-54,56H,2,10,22,37H2,1,3H3/t39?,46?,49?,51?,53?,54?,56-,57?/m1/s1. The Kier molecular flexibility index (Phi) is 9.91. The number of hydrogen-bond acceptors (Lipinski definition) is 2. The highest BCUT2D eigenvalue weighted by Gasteiger charge is 2.53. The SMILES string of the molecule is C=C1C(C2CC(C)C=CC2c2ccccc2C2(c3ccccc3)c3ccccc3OC3C=CC=CC32)=CC(c2ccc(-c3ccccc3)cc2)N(C)[C@H]1C1=CC=CCC1. The third kappa shape index (κ3) is 6.46. The number of hydrogen-bond donors (Lipinski definition) is 0. The number of fused-ring (bicyclic) bond motifs is 2. The summed E-state index contributed by atoms with van der Waals surface area (Å²) < 4.78 is 6.84. The third-order valence-corrected chi connectivity index (χ3v) is 13.9. The van der Waals surface area contributed by atoms with Crippen LogP contribution in [0.15, 0.2) is 218 Å². The minimum atomic E-state index is -0.483. The summed E-state index contributed by atoms with van der Waals surface area (Å²) >= 11 is 0. The molecule has 5 aromatic rings. The molecule has 0 saturated carbocycles. The Bertz CT molecular complexity index is 2530. The van der Waals surface area contributed by atoms with Gasteiger partial charge >= 0.3 is 0 Å². The van der Waals surface area contributed by atoms with Crippen LogP contribution in [0.2, 0.25) is 0 Å². The van der Waals surface area contributed by atoms with Crippen molar-refractivity contribution in [3.8, 4) is 16.9 Å². The summed E-state index contributed by atoms with van der Waals surface area (Å²) in [4.78, 5) is 2.58. The molecule has 2 heterocycles. The van der Waals surface area contributed by atoms with E-state index in [2.05, 4.69) is 213 Å². The van der Waals surface area contributed by atoms with E-state index in [4.69, 9.17) is 11.3 Å². The van der Waals surface area contributed by atoms with Crippen LogP contribution >= 0.6 is 0 Å². The summed E-state index contributed by atoms with van der Waals surface area (Å²) in [5.41, 5.74) is 12.7. The number of benzene rings is 5. The van der Waals surface area contributed by atoms with Crippen molar-refractivity contribution >= 4 is 0 Å². The largest absolute Gasteiger partial charge is 0.485 e. The molecule has 2 heteroatoms. The number of nitrogens with zero attached hydrogens (tertiary/aromatic N) is 1. The highest BCUT2D eigenvalue weighted by Crippen LogP contribution is 2.58. The number of para-hydroxylation sites is 1. The zero-order valence-corrected chi connectivity index (χ0v) is 34.2. The molecule has 0 N–H and O–H groups in total. The number of ether oxygens (including phenoxy) is 1. The average Bonchev–Trinajstić information content (AvgIpc) is 3.29. The van der Waals surface area contributed by atoms with Crippen LogP contribution in [0.3, 0.4) is 0 Å². The highest BCUT2D eigenvalue weighted by atomic mass is 16.5. The van der Waals surface area contributed by atoms with Crippen molar-refractivity contribution in [1.29, 1.82) is 0 Å². The van der Waals surface area contributed by atoms with E-state index in [-0.39, 0.29) is 35.9 Å². The summed E-state index contributed by atoms with van der Waals surface area (Å²) in [5, 5.41) is 0. The van der Waals surface area contributed by atoms with Crippen molar-refractivity contribution in [3.05, 3.63) is 245 Å². The van der Waals surface area contributed by atoms with Crippen molar-refractivity contribution in [2.75, 3.05) is 7.05 Å².